The van der Waals surface area contributed by atoms with E-state index in [1.165, 1.54) is 0 Å². The van der Waals surface area contributed by atoms with Crippen LogP contribution in [-0.4, -0.2) is 78.0 Å². The van der Waals surface area contributed by atoms with Gasteiger partial charge in [0.15, 0.2) is 0 Å². The summed E-state index contributed by atoms with van der Waals surface area (Å²) in [7, 11) is 0. The van der Waals surface area contributed by atoms with Crippen molar-refractivity contribution in [3.05, 3.63) is 24.3 Å². The largest absolute Gasteiger partial charge is 0.423 e. The summed E-state index contributed by atoms with van der Waals surface area (Å²) in [6.45, 7) is 4.11. The Morgan fingerprint density at radius 2 is 1.96 bits per heavy atom. The van der Waals surface area contributed by atoms with Crippen molar-refractivity contribution in [3.8, 4) is 11.8 Å². The van der Waals surface area contributed by atoms with Crippen molar-refractivity contribution in [1.82, 2.24) is 20.2 Å². The van der Waals surface area contributed by atoms with Gasteiger partial charge in [-0.2, -0.15) is 4.68 Å². The standard InChI is InChI=1S/C17H22N6O4/c18-13-9-25-16-14(10-26-15(13)16)23-17(19-20-21-23)27-12-3-1-2-11(8-12)22-4-6-24-7-5-22/h1-3,8,13-16H,4-7,9-10,18H2/t13-,14-,15+,16+/m0/s1. The Balaban J connectivity index is 1.35. The molecule has 2 N–H and O–H groups in total. The molecule has 0 bridgehead atoms. The second kappa shape index (κ2) is 7.04. The van der Waals surface area contributed by atoms with E-state index >= 15 is 0 Å². The Labute approximate surface area is 156 Å². The van der Waals surface area contributed by atoms with Crippen LogP contribution in [0.4, 0.5) is 5.69 Å². The lowest BCUT2D eigenvalue weighted by Gasteiger charge is -2.29. The molecule has 0 spiro atoms. The predicted octanol–water partition coefficient (Wildman–Crippen LogP) is -0.0320. The van der Waals surface area contributed by atoms with Crippen molar-refractivity contribution in [2.75, 3.05) is 44.4 Å². The van der Waals surface area contributed by atoms with E-state index in [4.69, 9.17) is 24.7 Å². The molecular formula is C17H22N6O4. The molecule has 4 atom stereocenters. The third-order valence-electron chi connectivity index (χ3n) is 5.25. The van der Waals surface area contributed by atoms with Gasteiger partial charge in [-0.1, -0.05) is 11.2 Å². The van der Waals surface area contributed by atoms with Crippen molar-refractivity contribution in [2.45, 2.75) is 24.3 Å². The van der Waals surface area contributed by atoms with Crippen LogP contribution in [0.5, 0.6) is 11.8 Å². The van der Waals surface area contributed by atoms with Crippen LogP contribution in [0.3, 0.4) is 0 Å². The molecule has 0 saturated carbocycles. The number of nitrogens with two attached hydrogens (primary N) is 1. The first-order valence-corrected chi connectivity index (χ1v) is 9.17. The zero-order valence-electron chi connectivity index (χ0n) is 14.8. The summed E-state index contributed by atoms with van der Waals surface area (Å²) in [6, 6.07) is 7.93. The average molecular weight is 374 g/mol. The highest BCUT2D eigenvalue weighted by atomic mass is 16.6. The Morgan fingerprint density at radius 1 is 1.11 bits per heavy atom. The Kier molecular flexibility index (Phi) is 4.40. The maximum absolute atomic E-state index is 6.03. The second-order valence-corrected chi connectivity index (χ2v) is 6.93. The SMILES string of the molecule is N[C@H]1CO[C@H]2[C@@H]1OC[C@@H]2n1nnnc1Oc1cccc(N2CCOCC2)c1. The lowest BCUT2D eigenvalue weighted by atomic mass is 10.1. The van der Waals surface area contributed by atoms with Crippen molar-refractivity contribution in [3.63, 3.8) is 0 Å². The van der Waals surface area contributed by atoms with Gasteiger partial charge in [0.2, 0.25) is 0 Å². The minimum Gasteiger partial charge on any atom is -0.423 e. The second-order valence-electron chi connectivity index (χ2n) is 6.93. The van der Waals surface area contributed by atoms with Crippen molar-refractivity contribution >= 4 is 5.69 Å². The third-order valence-corrected chi connectivity index (χ3v) is 5.25. The monoisotopic (exact) mass is 374 g/mol. The summed E-state index contributed by atoms with van der Waals surface area (Å²) in [5.74, 6) is 0.676. The molecule has 0 radical (unpaired) electrons. The quantitative estimate of drug-likeness (QED) is 0.789. The summed E-state index contributed by atoms with van der Waals surface area (Å²) < 4.78 is 24.6. The smallest absolute Gasteiger partial charge is 0.341 e. The molecule has 3 aliphatic heterocycles. The third kappa shape index (κ3) is 3.14. The van der Waals surface area contributed by atoms with Crippen molar-refractivity contribution in [2.24, 2.45) is 5.73 Å². The van der Waals surface area contributed by atoms with E-state index in [9.17, 15) is 0 Å². The minimum atomic E-state index is -0.162. The van der Waals surface area contributed by atoms with E-state index < -0.39 is 0 Å². The van der Waals surface area contributed by atoms with Crippen LogP contribution in [-0.2, 0) is 14.2 Å². The molecule has 10 nitrogen and oxygen atoms in total. The molecule has 3 saturated heterocycles. The van der Waals surface area contributed by atoms with Crippen molar-refractivity contribution in [1.29, 1.82) is 0 Å². The Bertz CT molecular complexity index is 795. The van der Waals surface area contributed by atoms with E-state index in [0.29, 0.717) is 25.0 Å². The predicted molar refractivity (Wildman–Crippen MR) is 93.9 cm³/mol. The van der Waals surface area contributed by atoms with Gasteiger partial charge in [-0.25, -0.2) is 0 Å². The fourth-order valence-electron chi connectivity index (χ4n) is 3.85. The van der Waals surface area contributed by atoms with Crippen LogP contribution >= 0.6 is 0 Å². The van der Waals surface area contributed by atoms with Gasteiger partial charge in [0, 0.05) is 24.8 Å². The molecule has 5 rings (SSSR count). The molecule has 1 aromatic carbocycles. The molecule has 3 aliphatic rings. The van der Waals surface area contributed by atoms with Crippen LogP contribution in [0.2, 0.25) is 0 Å². The van der Waals surface area contributed by atoms with Gasteiger partial charge in [-0.05, 0) is 22.6 Å². The summed E-state index contributed by atoms with van der Waals surface area (Å²) >= 11 is 0. The molecule has 2 aromatic rings. The number of anilines is 1. The number of aromatic nitrogens is 4. The first kappa shape index (κ1) is 16.9. The topological polar surface area (TPSA) is 110 Å². The van der Waals surface area contributed by atoms with E-state index in [0.717, 1.165) is 32.0 Å². The first-order valence-electron chi connectivity index (χ1n) is 9.17. The lowest BCUT2D eigenvalue weighted by Crippen LogP contribution is -2.36. The molecule has 0 unspecified atom stereocenters. The highest BCUT2D eigenvalue weighted by molar-refractivity contribution is 5.51. The summed E-state index contributed by atoms with van der Waals surface area (Å²) in [6.07, 6.45) is -0.290. The maximum atomic E-state index is 6.03. The number of benzene rings is 1. The highest BCUT2D eigenvalue weighted by Crippen LogP contribution is 2.35. The molecule has 3 fully saturated rings. The van der Waals surface area contributed by atoms with Gasteiger partial charge < -0.3 is 29.6 Å². The van der Waals surface area contributed by atoms with Gasteiger partial charge in [0.05, 0.1) is 32.5 Å². The molecule has 4 heterocycles. The average Bonchev–Trinajstić information content (AvgIpc) is 3.41. The zero-order valence-corrected chi connectivity index (χ0v) is 14.8. The number of morpholine rings is 1. The number of rotatable bonds is 4. The van der Waals surface area contributed by atoms with Crippen molar-refractivity contribution < 1.29 is 18.9 Å². The highest BCUT2D eigenvalue weighted by Gasteiger charge is 2.48. The fourth-order valence-corrected chi connectivity index (χ4v) is 3.85. The van der Waals surface area contributed by atoms with Gasteiger partial charge in [-0.3, -0.25) is 0 Å². The molecule has 1 aromatic heterocycles. The van der Waals surface area contributed by atoms with Gasteiger partial charge in [0.1, 0.15) is 24.0 Å². The molecule has 144 valence electrons. The molecular weight excluding hydrogens is 352 g/mol. The van der Waals surface area contributed by atoms with E-state index in [1.807, 2.05) is 18.2 Å². The van der Waals surface area contributed by atoms with E-state index in [1.54, 1.807) is 4.68 Å². The zero-order chi connectivity index (χ0) is 18.2. The normalized spacial score (nSPS) is 30.5. The Hall–Kier alpha value is -2.27. The molecule has 0 amide bonds. The van der Waals surface area contributed by atoms with Gasteiger partial charge in [-0.15, -0.1) is 0 Å². The first-order chi connectivity index (χ1) is 13.3. The van der Waals surface area contributed by atoms with E-state index in [-0.39, 0.29) is 24.3 Å². The number of hydrogen-bond donors (Lipinski definition) is 1. The van der Waals surface area contributed by atoms with Crippen LogP contribution in [0.1, 0.15) is 6.04 Å². The minimum absolute atomic E-state index is 0.119. The fraction of sp³-hybridized carbons (Fsp3) is 0.588. The number of hydrogen-bond acceptors (Lipinski definition) is 9. The summed E-state index contributed by atoms with van der Waals surface area (Å²) in [4.78, 5) is 2.27. The van der Waals surface area contributed by atoms with Crippen LogP contribution < -0.4 is 15.4 Å². The van der Waals surface area contributed by atoms with Gasteiger partial charge >= 0.3 is 6.01 Å². The molecule has 27 heavy (non-hydrogen) atoms. The van der Waals surface area contributed by atoms with Crippen LogP contribution in [0.25, 0.3) is 0 Å². The lowest BCUT2D eigenvalue weighted by molar-refractivity contribution is 0.0617. The number of ether oxygens (including phenoxy) is 4. The van der Waals surface area contributed by atoms with Crippen LogP contribution in [0, 0.1) is 0 Å². The molecule has 10 heteroatoms. The summed E-state index contributed by atoms with van der Waals surface area (Å²) in [5.41, 5.74) is 7.12. The maximum Gasteiger partial charge on any atom is 0.341 e. The van der Waals surface area contributed by atoms with Crippen LogP contribution in [0.15, 0.2) is 24.3 Å². The number of tetrazole rings is 1. The number of fused-ring (bicyclic) bond motifs is 1. The number of nitrogens with zero attached hydrogens (tertiary/aromatic N) is 5. The Morgan fingerprint density at radius 3 is 2.85 bits per heavy atom. The van der Waals surface area contributed by atoms with E-state index in [2.05, 4.69) is 26.5 Å². The van der Waals surface area contributed by atoms with Gasteiger partial charge in [0.25, 0.3) is 0 Å². The summed E-state index contributed by atoms with van der Waals surface area (Å²) in [5, 5.41) is 11.9. The molecule has 0 aliphatic carbocycles.